The molecule has 1 atom stereocenters. The smallest absolute Gasteiger partial charge is 0.253 e. The highest BCUT2D eigenvalue weighted by atomic mass is 35.5. The number of halogens is 2. The number of carbonyl (C=O) groups is 1. The maximum absolute atomic E-state index is 12.5. The Kier molecular flexibility index (Phi) is 10.0. The van der Waals surface area contributed by atoms with E-state index in [1.54, 1.807) is 14.2 Å². The van der Waals surface area contributed by atoms with E-state index in [1.807, 2.05) is 23.1 Å². The van der Waals surface area contributed by atoms with Gasteiger partial charge in [-0.05, 0) is 12.8 Å². The first-order chi connectivity index (χ1) is 12.2. The third kappa shape index (κ3) is 6.31. The number of hydrogen-bond donors (Lipinski definition) is 2. The molecule has 0 bridgehead atoms. The molecule has 0 aliphatic carbocycles. The number of carbonyl (C=O) groups excluding carboxylic acids is 1. The quantitative estimate of drug-likeness (QED) is 0.756. The molecule has 1 unspecified atom stereocenters. The number of rotatable bonds is 5. The number of nitrogens with zero attached hydrogens (tertiary/aromatic N) is 1. The molecule has 27 heavy (non-hydrogen) atoms. The predicted octanol–water partition coefficient (Wildman–Crippen LogP) is 1.94. The Morgan fingerprint density at radius 3 is 2.30 bits per heavy atom. The van der Waals surface area contributed by atoms with Crippen LogP contribution in [0.3, 0.4) is 0 Å². The number of morpholine rings is 1. The van der Waals surface area contributed by atoms with E-state index in [4.69, 9.17) is 14.2 Å². The minimum atomic E-state index is -0.332. The first-order valence-corrected chi connectivity index (χ1v) is 8.80. The largest absolute Gasteiger partial charge is 0.497 e. The van der Waals surface area contributed by atoms with Crippen molar-refractivity contribution in [3.63, 3.8) is 0 Å². The molecule has 2 aliphatic heterocycles. The number of likely N-dealkylation sites (tertiary alicyclic amines) is 1. The lowest BCUT2D eigenvalue weighted by atomic mass is 10.0. The molecule has 2 saturated heterocycles. The summed E-state index contributed by atoms with van der Waals surface area (Å²) in [5.74, 6) is 1.63. The number of methoxy groups -OCH3 is 2. The van der Waals surface area contributed by atoms with Crippen LogP contribution in [0.4, 0.5) is 5.69 Å². The van der Waals surface area contributed by atoms with Crippen molar-refractivity contribution in [3.8, 4) is 11.5 Å². The monoisotopic (exact) mass is 421 g/mol. The topological polar surface area (TPSA) is 72.1 Å². The van der Waals surface area contributed by atoms with Crippen molar-refractivity contribution in [1.29, 1.82) is 0 Å². The van der Waals surface area contributed by atoms with Crippen LogP contribution in [0, 0.1) is 0 Å². The average molecular weight is 422 g/mol. The summed E-state index contributed by atoms with van der Waals surface area (Å²) in [6.45, 7) is 3.53. The van der Waals surface area contributed by atoms with Gasteiger partial charge in [0.15, 0.2) is 0 Å². The van der Waals surface area contributed by atoms with Crippen LogP contribution < -0.4 is 20.1 Å². The van der Waals surface area contributed by atoms with Gasteiger partial charge < -0.3 is 29.7 Å². The zero-order chi connectivity index (χ0) is 17.6. The van der Waals surface area contributed by atoms with Crippen LogP contribution in [0.2, 0.25) is 0 Å². The summed E-state index contributed by atoms with van der Waals surface area (Å²) in [6, 6.07) is 6.10. The Hall–Kier alpha value is -1.41. The average Bonchev–Trinajstić information content (AvgIpc) is 2.68. The SMILES string of the molecule is COc1cc(NC2CCN(C(=O)C3CNCCO3)CC2)cc(OC)c1.Cl.Cl. The minimum Gasteiger partial charge on any atom is -0.497 e. The molecular weight excluding hydrogens is 393 g/mol. The van der Waals surface area contributed by atoms with Gasteiger partial charge in [-0.2, -0.15) is 0 Å². The van der Waals surface area contributed by atoms with Crippen LogP contribution in [0.25, 0.3) is 0 Å². The zero-order valence-corrected chi connectivity index (χ0v) is 17.4. The van der Waals surface area contributed by atoms with E-state index in [2.05, 4.69) is 10.6 Å². The van der Waals surface area contributed by atoms with Crippen LogP contribution in [0.5, 0.6) is 11.5 Å². The fourth-order valence-corrected chi connectivity index (χ4v) is 3.30. The maximum Gasteiger partial charge on any atom is 0.253 e. The Labute approximate surface area is 172 Å². The van der Waals surface area contributed by atoms with Gasteiger partial charge in [0.25, 0.3) is 5.91 Å². The summed E-state index contributed by atoms with van der Waals surface area (Å²) in [5.41, 5.74) is 0.973. The van der Waals surface area contributed by atoms with Gasteiger partial charge in [-0.25, -0.2) is 0 Å². The molecule has 0 saturated carbocycles. The lowest BCUT2D eigenvalue weighted by molar-refractivity contribution is -0.146. The molecule has 154 valence electrons. The lowest BCUT2D eigenvalue weighted by Crippen LogP contribution is -2.52. The molecule has 1 aromatic rings. The number of anilines is 1. The summed E-state index contributed by atoms with van der Waals surface area (Å²) < 4.78 is 16.2. The van der Waals surface area contributed by atoms with Crippen LogP contribution in [-0.4, -0.2) is 70.0 Å². The van der Waals surface area contributed by atoms with E-state index in [-0.39, 0.29) is 36.8 Å². The molecule has 2 N–H and O–H groups in total. The van der Waals surface area contributed by atoms with Crippen LogP contribution in [0.15, 0.2) is 18.2 Å². The van der Waals surface area contributed by atoms with E-state index in [0.29, 0.717) is 19.2 Å². The summed E-state index contributed by atoms with van der Waals surface area (Å²) in [5, 5.41) is 6.74. The van der Waals surface area contributed by atoms with E-state index in [0.717, 1.165) is 49.7 Å². The molecule has 3 rings (SSSR count). The van der Waals surface area contributed by atoms with E-state index in [9.17, 15) is 4.79 Å². The Morgan fingerprint density at radius 1 is 1.15 bits per heavy atom. The van der Waals surface area contributed by atoms with Gasteiger partial charge in [-0.1, -0.05) is 0 Å². The summed E-state index contributed by atoms with van der Waals surface area (Å²) >= 11 is 0. The van der Waals surface area contributed by atoms with Gasteiger partial charge in [0.1, 0.15) is 17.6 Å². The van der Waals surface area contributed by atoms with Gasteiger partial charge in [-0.15, -0.1) is 24.8 Å². The normalized spacial score (nSPS) is 20.1. The first kappa shape index (κ1) is 23.6. The molecule has 2 aliphatic rings. The fraction of sp³-hybridized carbons (Fsp3) is 0.611. The molecule has 1 aromatic carbocycles. The van der Waals surface area contributed by atoms with Crippen LogP contribution in [0.1, 0.15) is 12.8 Å². The molecule has 0 spiro atoms. The molecule has 7 nitrogen and oxygen atoms in total. The highest BCUT2D eigenvalue weighted by Gasteiger charge is 2.29. The standard InChI is InChI=1S/C18H27N3O4.2ClH/c1-23-15-9-14(10-16(11-15)24-2)20-13-3-6-21(7-4-13)18(22)17-12-19-5-8-25-17;;/h9-11,13,17,19-20H,3-8,12H2,1-2H3;2*1H. The Balaban J connectivity index is 0.00000182. The highest BCUT2D eigenvalue weighted by molar-refractivity contribution is 5.85. The van der Waals surface area contributed by atoms with Crippen molar-refractivity contribution in [1.82, 2.24) is 10.2 Å². The molecular formula is C18H29Cl2N3O4. The van der Waals surface area contributed by atoms with Gasteiger partial charge in [0.2, 0.25) is 0 Å². The van der Waals surface area contributed by atoms with Gasteiger partial charge in [-0.3, -0.25) is 4.79 Å². The van der Waals surface area contributed by atoms with Crippen molar-refractivity contribution < 1.29 is 19.0 Å². The second-order valence-electron chi connectivity index (χ2n) is 6.41. The summed E-state index contributed by atoms with van der Waals surface area (Å²) in [4.78, 5) is 14.4. The molecule has 0 radical (unpaired) electrons. The second-order valence-corrected chi connectivity index (χ2v) is 6.41. The number of benzene rings is 1. The van der Waals surface area contributed by atoms with Gasteiger partial charge >= 0.3 is 0 Å². The second kappa shape index (κ2) is 11.4. The Morgan fingerprint density at radius 2 is 1.78 bits per heavy atom. The molecule has 1 amide bonds. The third-order valence-electron chi connectivity index (χ3n) is 4.73. The predicted molar refractivity (Wildman–Crippen MR) is 110 cm³/mol. The fourth-order valence-electron chi connectivity index (χ4n) is 3.30. The minimum absolute atomic E-state index is 0. The molecule has 2 fully saturated rings. The molecule has 9 heteroatoms. The number of hydrogen-bond acceptors (Lipinski definition) is 6. The Bertz CT molecular complexity index is 570. The van der Waals surface area contributed by atoms with Gasteiger partial charge in [0.05, 0.1) is 20.8 Å². The summed E-state index contributed by atoms with van der Waals surface area (Å²) in [6.07, 6.45) is 1.48. The van der Waals surface area contributed by atoms with Crippen LogP contribution in [-0.2, 0) is 9.53 Å². The number of nitrogens with one attached hydrogen (secondary N) is 2. The van der Waals surface area contributed by atoms with Gasteiger partial charge in [0, 0.05) is 56.1 Å². The van der Waals surface area contributed by atoms with Crippen molar-refractivity contribution >= 4 is 36.4 Å². The van der Waals surface area contributed by atoms with E-state index < -0.39 is 0 Å². The van der Waals surface area contributed by atoms with Crippen molar-refractivity contribution in [3.05, 3.63) is 18.2 Å². The number of ether oxygens (including phenoxy) is 3. The molecule has 0 aromatic heterocycles. The van der Waals surface area contributed by atoms with Crippen molar-refractivity contribution in [2.75, 3.05) is 52.3 Å². The van der Waals surface area contributed by atoms with E-state index in [1.165, 1.54) is 0 Å². The zero-order valence-electron chi connectivity index (χ0n) is 15.7. The molecule has 2 heterocycles. The van der Waals surface area contributed by atoms with Crippen molar-refractivity contribution in [2.24, 2.45) is 0 Å². The van der Waals surface area contributed by atoms with Crippen LogP contribution >= 0.6 is 24.8 Å². The maximum atomic E-state index is 12.5. The van der Waals surface area contributed by atoms with E-state index >= 15 is 0 Å². The third-order valence-corrected chi connectivity index (χ3v) is 4.73. The lowest BCUT2D eigenvalue weighted by Gasteiger charge is -2.35. The highest BCUT2D eigenvalue weighted by Crippen LogP contribution is 2.27. The number of amides is 1. The number of piperidine rings is 1. The summed E-state index contributed by atoms with van der Waals surface area (Å²) in [7, 11) is 3.29. The van der Waals surface area contributed by atoms with Crippen molar-refractivity contribution in [2.45, 2.75) is 25.0 Å². The first-order valence-electron chi connectivity index (χ1n) is 8.80.